The monoisotopic (exact) mass is 359 g/mol. The molecule has 138 valence electrons. The number of aromatic nitrogens is 4. The lowest BCUT2D eigenvalue weighted by atomic mass is 10.0. The van der Waals surface area contributed by atoms with E-state index in [9.17, 15) is 14.7 Å². The van der Waals surface area contributed by atoms with Gasteiger partial charge in [-0.1, -0.05) is 0 Å². The lowest BCUT2D eigenvalue weighted by molar-refractivity contribution is -0.118. The standard InChI is InChI=1S/C16H21N7O3/c1-22-5-2-14(21-22)20-15(25)10-23-8-11(6-12(24)9-23)19-16(26)13-7-17-3-4-18-13/h2-5,7,11-12,24H,6,8-10H2,1H3,(H,19,26)(H,20,21,25)/t11-,12+/m0/s1. The molecule has 3 N–H and O–H groups in total. The molecule has 2 atom stereocenters. The number of nitrogens with one attached hydrogen (secondary N) is 2. The fourth-order valence-electron chi connectivity index (χ4n) is 2.94. The van der Waals surface area contributed by atoms with Gasteiger partial charge >= 0.3 is 0 Å². The van der Waals surface area contributed by atoms with Crippen LogP contribution in [0.3, 0.4) is 0 Å². The zero-order chi connectivity index (χ0) is 18.5. The van der Waals surface area contributed by atoms with Crippen molar-refractivity contribution in [2.75, 3.05) is 25.0 Å². The van der Waals surface area contributed by atoms with Crippen LogP contribution in [0.5, 0.6) is 0 Å². The Morgan fingerprint density at radius 2 is 2.19 bits per heavy atom. The molecule has 1 aliphatic rings. The fraction of sp³-hybridized carbons (Fsp3) is 0.438. The number of hydrogen-bond acceptors (Lipinski definition) is 7. The smallest absolute Gasteiger partial charge is 0.271 e. The van der Waals surface area contributed by atoms with Crippen LogP contribution in [0.2, 0.25) is 0 Å². The van der Waals surface area contributed by atoms with Crippen LogP contribution in [-0.2, 0) is 11.8 Å². The summed E-state index contributed by atoms with van der Waals surface area (Å²) in [5, 5.41) is 19.7. The molecule has 3 rings (SSSR count). The largest absolute Gasteiger partial charge is 0.392 e. The second-order valence-corrected chi connectivity index (χ2v) is 6.27. The minimum atomic E-state index is -0.626. The number of rotatable bonds is 5. The molecule has 2 aromatic rings. The minimum Gasteiger partial charge on any atom is -0.392 e. The predicted molar refractivity (Wildman–Crippen MR) is 92.2 cm³/mol. The van der Waals surface area contributed by atoms with Crippen molar-refractivity contribution in [2.24, 2.45) is 7.05 Å². The first-order valence-corrected chi connectivity index (χ1v) is 8.26. The van der Waals surface area contributed by atoms with Crippen molar-refractivity contribution in [1.82, 2.24) is 30.0 Å². The summed E-state index contributed by atoms with van der Waals surface area (Å²) in [6.07, 6.45) is 5.84. The van der Waals surface area contributed by atoms with Gasteiger partial charge in [0.2, 0.25) is 5.91 Å². The number of carbonyl (C=O) groups excluding carboxylic acids is 2. The van der Waals surface area contributed by atoms with Crippen molar-refractivity contribution in [3.8, 4) is 0 Å². The Balaban J connectivity index is 1.54. The number of aliphatic hydroxyl groups excluding tert-OH is 1. The van der Waals surface area contributed by atoms with Gasteiger partial charge in [-0.25, -0.2) is 4.98 Å². The van der Waals surface area contributed by atoms with Crippen LogP contribution in [0.4, 0.5) is 5.82 Å². The van der Waals surface area contributed by atoms with E-state index in [-0.39, 0.29) is 30.1 Å². The summed E-state index contributed by atoms with van der Waals surface area (Å²) in [6.45, 7) is 0.928. The van der Waals surface area contributed by atoms with Crippen molar-refractivity contribution in [3.63, 3.8) is 0 Å². The quantitative estimate of drug-likeness (QED) is 0.626. The molecule has 0 spiro atoms. The number of amides is 2. The maximum Gasteiger partial charge on any atom is 0.271 e. The molecule has 1 saturated heterocycles. The number of hydrogen-bond donors (Lipinski definition) is 3. The average molecular weight is 359 g/mol. The van der Waals surface area contributed by atoms with Gasteiger partial charge in [0.25, 0.3) is 5.91 Å². The van der Waals surface area contributed by atoms with E-state index in [2.05, 4.69) is 25.7 Å². The summed E-state index contributed by atoms with van der Waals surface area (Å²) in [6, 6.07) is 1.42. The molecule has 0 aromatic carbocycles. The second kappa shape index (κ2) is 8.02. The summed E-state index contributed by atoms with van der Waals surface area (Å²) in [5.74, 6) is -0.102. The van der Waals surface area contributed by atoms with E-state index in [1.807, 2.05) is 0 Å². The zero-order valence-electron chi connectivity index (χ0n) is 14.4. The maximum absolute atomic E-state index is 12.2. The van der Waals surface area contributed by atoms with Gasteiger partial charge in [-0.05, 0) is 6.42 Å². The van der Waals surface area contributed by atoms with Crippen molar-refractivity contribution < 1.29 is 14.7 Å². The molecule has 1 fully saturated rings. The summed E-state index contributed by atoms with van der Waals surface area (Å²) in [4.78, 5) is 34.0. The number of β-amino-alcohol motifs (C(OH)–C–C–N with tert-alkyl or cyclic N) is 1. The average Bonchev–Trinajstić information content (AvgIpc) is 2.99. The summed E-state index contributed by atoms with van der Waals surface area (Å²) >= 11 is 0. The van der Waals surface area contributed by atoms with E-state index in [1.165, 1.54) is 18.6 Å². The molecule has 1 aliphatic heterocycles. The fourth-order valence-corrected chi connectivity index (χ4v) is 2.94. The van der Waals surface area contributed by atoms with Crippen LogP contribution < -0.4 is 10.6 Å². The third kappa shape index (κ3) is 4.83. The van der Waals surface area contributed by atoms with Gasteiger partial charge in [0.15, 0.2) is 5.82 Å². The molecular formula is C16H21N7O3. The van der Waals surface area contributed by atoms with Gasteiger partial charge in [0.05, 0.1) is 18.8 Å². The van der Waals surface area contributed by atoms with Crippen LogP contribution in [0.15, 0.2) is 30.9 Å². The highest BCUT2D eigenvalue weighted by Gasteiger charge is 2.28. The number of anilines is 1. The van der Waals surface area contributed by atoms with Gasteiger partial charge in [0, 0.05) is 50.8 Å². The summed E-state index contributed by atoms with van der Waals surface area (Å²) in [7, 11) is 1.76. The summed E-state index contributed by atoms with van der Waals surface area (Å²) < 4.78 is 1.60. The Morgan fingerprint density at radius 1 is 1.35 bits per heavy atom. The lowest BCUT2D eigenvalue weighted by Gasteiger charge is -2.35. The van der Waals surface area contributed by atoms with E-state index in [4.69, 9.17) is 0 Å². The Hall–Kier alpha value is -2.85. The third-order valence-corrected chi connectivity index (χ3v) is 3.98. The Kier molecular flexibility index (Phi) is 5.54. The number of piperidine rings is 1. The lowest BCUT2D eigenvalue weighted by Crippen LogP contribution is -2.54. The first-order valence-electron chi connectivity index (χ1n) is 8.26. The van der Waals surface area contributed by atoms with Crippen LogP contribution in [-0.4, -0.2) is 73.3 Å². The molecule has 0 saturated carbocycles. The highest BCUT2D eigenvalue weighted by molar-refractivity contribution is 5.92. The summed E-state index contributed by atoms with van der Waals surface area (Å²) in [5.41, 5.74) is 0.215. The predicted octanol–water partition coefficient (Wildman–Crippen LogP) is -0.986. The van der Waals surface area contributed by atoms with Crippen molar-refractivity contribution >= 4 is 17.6 Å². The van der Waals surface area contributed by atoms with E-state index < -0.39 is 6.10 Å². The minimum absolute atomic E-state index is 0.102. The van der Waals surface area contributed by atoms with Crippen LogP contribution in [0.25, 0.3) is 0 Å². The molecule has 3 heterocycles. The molecule has 0 unspecified atom stereocenters. The molecule has 10 heteroatoms. The van der Waals surface area contributed by atoms with E-state index in [0.29, 0.717) is 25.3 Å². The van der Waals surface area contributed by atoms with Crippen molar-refractivity contribution in [1.29, 1.82) is 0 Å². The molecule has 10 nitrogen and oxygen atoms in total. The molecule has 0 aliphatic carbocycles. The van der Waals surface area contributed by atoms with Gasteiger partial charge < -0.3 is 15.7 Å². The Labute approximate surface area is 150 Å². The van der Waals surface area contributed by atoms with Crippen molar-refractivity contribution in [2.45, 2.75) is 18.6 Å². The highest BCUT2D eigenvalue weighted by Crippen LogP contribution is 2.12. The van der Waals surface area contributed by atoms with Gasteiger partial charge in [0.1, 0.15) is 5.69 Å². The number of aryl methyl sites for hydroxylation is 1. The van der Waals surface area contributed by atoms with Crippen LogP contribution in [0, 0.1) is 0 Å². The van der Waals surface area contributed by atoms with E-state index in [0.717, 1.165) is 0 Å². The highest BCUT2D eigenvalue weighted by atomic mass is 16.3. The number of nitrogens with zero attached hydrogens (tertiary/aromatic N) is 5. The second-order valence-electron chi connectivity index (χ2n) is 6.27. The number of likely N-dealkylation sites (tertiary alicyclic amines) is 1. The normalized spacial score (nSPS) is 20.5. The van der Waals surface area contributed by atoms with E-state index >= 15 is 0 Å². The molecule has 0 bridgehead atoms. The topological polar surface area (TPSA) is 125 Å². The molecule has 2 amide bonds. The zero-order valence-corrected chi connectivity index (χ0v) is 14.4. The maximum atomic E-state index is 12.2. The third-order valence-electron chi connectivity index (χ3n) is 3.98. The SMILES string of the molecule is Cn1ccc(NC(=O)CN2C[C@H](O)C[C@H](NC(=O)c3cnccn3)C2)n1. The van der Waals surface area contributed by atoms with Crippen LogP contribution in [0.1, 0.15) is 16.9 Å². The van der Waals surface area contributed by atoms with Crippen molar-refractivity contribution in [3.05, 3.63) is 36.5 Å². The molecular weight excluding hydrogens is 338 g/mol. The van der Waals surface area contributed by atoms with Gasteiger partial charge in [-0.3, -0.25) is 24.2 Å². The number of aliphatic hydroxyl groups is 1. The number of carbonyl (C=O) groups is 2. The van der Waals surface area contributed by atoms with E-state index in [1.54, 1.807) is 28.9 Å². The van der Waals surface area contributed by atoms with Crippen LogP contribution >= 0.6 is 0 Å². The Morgan fingerprint density at radius 3 is 2.88 bits per heavy atom. The first-order chi connectivity index (χ1) is 12.5. The Bertz CT molecular complexity index is 764. The van der Waals surface area contributed by atoms with Gasteiger partial charge in [-0.15, -0.1) is 0 Å². The van der Waals surface area contributed by atoms with Gasteiger partial charge in [-0.2, -0.15) is 5.10 Å². The first kappa shape index (κ1) is 18.0. The molecule has 26 heavy (non-hydrogen) atoms. The molecule has 2 aromatic heterocycles. The molecule has 0 radical (unpaired) electrons.